The highest BCUT2D eigenvalue weighted by atomic mass is 32.2. The predicted molar refractivity (Wildman–Crippen MR) is 101 cm³/mol. The Kier molecular flexibility index (Phi) is 5.59. The van der Waals surface area contributed by atoms with Crippen molar-refractivity contribution in [3.05, 3.63) is 59.4 Å². The van der Waals surface area contributed by atoms with E-state index in [9.17, 15) is 31.8 Å². The zero-order valence-corrected chi connectivity index (χ0v) is 16.4. The standard InChI is InChI=1S/C20H20F3NO4S/c1-29(27,28)15-6-7-18(24-10-15)17-9-19(11-25,12-26)8-16(17)13-2-4-14(5-3-13)20(21,22)23/h2-7,10,25-26H,8-9,11-12H2,1H3. The summed E-state index contributed by atoms with van der Waals surface area (Å²) in [5.74, 6) is 0. The minimum absolute atomic E-state index is 0.0477. The van der Waals surface area contributed by atoms with E-state index in [0.717, 1.165) is 18.4 Å². The molecule has 1 aliphatic rings. The van der Waals surface area contributed by atoms with Gasteiger partial charge in [0.2, 0.25) is 0 Å². The fraction of sp³-hybridized carbons (Fsp3) is 0.350. The van der Waals surface area contributed by atoms with Crippen molar-refractivity contribution in [3.8, 4) is 0 Å². The summed E-state index contributed by atoms with van der Waals surface area (Å²) >= 11 is 0. The van der Waals surface area contributed by atoms with Gasteiger partial charge in [0.1, 0.15) is 0 Å². The normalized spacial score (nSPS) is 17.0. The van der Waals surface area contributed by atoms with Crippen LogP contribution in [0.4, 0.5) is 13.2 Å². The van der Waals surface area contributed by atoms with Gasteiger partial charge in [-0.05, 0) is 53.8 Å². The smallest absolute Gasteiger partial charge is 0.396 e. The molecule has 0 aliphatic heterocycles. The molecule has 0 radical (unpaired) electrons. The molecule has 0 spiro atoms. The molecule has 0 unspecified atom stereocenters. The van der Waals surface area contributed by atoms with Gasteiger partial charge in [-0.2, -0.15) is 13.2 Å². The van der Waals surface area contributed by atoms with E-state index in [-0.39, 0.29) is 31.0 Å². The second-order valence-electron chi connectivity index (χ2n) is 7.35. The SMILES string of the molecule is CS(=O)(=O)c1ccc(C2=C(c3ccc(C(F)(F)F)cc3)CC(CO)(CO)C2)nc1. The van der Waals surface area contributed by atoms with E-state index in [2.05, 4.69) is 4.98 Å². The molecule has 0 fully saturated rings. The molecule has 29 heavy (non-hydrogen) atoms. The summed E-state index contributed by atoms with van der Waals surface area (Å²) in [5.41, 5.74) is 0.689. The molecule has 0 saturated carbocycles. The maximum atomic E-state index is 12.9. The van der Waals surface area contributed by atoms with Crippen LogP contribution in [0.25, 0.3) is 11.1 Å². The monoisotopic (exact) mass is 427 g/mol. The number of hydrogen-bond donors (Lipinski definition) is 2. The summed E-state index contributed by atoms with van der Waals surface area (Å²) in [6, 6.07) is 7.62. The fourth-order valence-electron chi connectivity index (χ4n) is 3.46. The first-order valence-electron chi connectivity index (χ1n) is 8.77. The lowest BCUT2D eigenvalue weighted by Gasteiger charge is -2.24. The molecule has 1 heterocycles. The molecule has 0 saturated heterocycles. The van der Waals surface area contributed by atoms with E-state index < -0.39 is 27.0 Å². The summed E-state index contributed by atoms with van der Waals surface area (Å²) in [6.45, 7) is -0.614. The molecular weight excluding hydrogens is 407 g/mol. The van der Waals surface area contributed by atoms with Gasteiger partial charge in [-0.15, -0.1) is 0 Å². The Labute approximate surface area is 166 Å². The third-order valence-corrected chi connectivity index (χ3v) is 6.27. The molecule has 0 atom stereocenters. The molecule has 3 rings (SSSR count). The van der Waals surface area contributed by atoms with Crippen LogP contribution >= 0.6 is 0 Å². The number of rotatable bonds is 5. The molecule has 0 amide bonds. The van der Waals surface area contributed by atoms with Crippen LogP contribution in [0.2, 0.25) is 0 Å². The Hall–Kier alpha value is -2.23. The van der Waals surface area contributed by atoms with Crippen molar-refractivity contribution in [2.45, 2.75) is 23.9 Å². The zero-order chi connectivity index (χ0) is 21.4. The maximum Gasteiger partial charge on any atom is 0.416 e. The maximum absolute atomic E-state index is 12.9. The molecule has 1 aromatic carbocycles. The van der Waals surface area contributed by atoms with Gasteiger partial charge < -0.3 is 10.2 Å². The molecule has 2 aromatic rings. The average molecular weight is 427 g/mol. The number of nitrogens with zero attached hydrogens (tertiary/aromatic N) is 1. The van der Waals surface area contributed by atoms with E-state index in [1.54, 1.807) is 0 Å². The van der Waals surface area contributed by atoms with Crippen LogP contribution in [0, 0.1) is 5.41 Å². The number of hydrogen-bond acceptors (Lipinski definition) is 5. The molecule has 1 aliphatic carbocycles. The highest BCUT2D eigenvalue weighted by molar-refractivity contribution is 7.90. The van der Waals surface area contributed by atoms with Gasteiger partial charge in [-0.1, -0.05) is 12.1 Å². The molecule has 9 heteroatoms. The minimum Gasteiger partial charge on any atom is -0.396 e. The molecule has 2 N–H and O–H groups in total. The molecule has 156 valence electrons. The highest BCUT2D eigenvalue weighted by Gasteiger charge is 2.39. The number of pyridine rings is 1. The van der Waals surface area contributed by atoms with E-state index in [1.165, 1.54) is 30.5 Å². The van der Waals surface area contributed by atoms with Crippen molar-refractivity contribution < 1.29 is 31.8 Å². The van der Waals surface area contributed by atoms with Crippen molar-refractivity contribution in [1.82, 2.24) is 4.98 Å². The molecule has 5 nitrogen and oxygen atoms in total. The Morgan fingerprint density at radius 3 is 2.03 bits per heavy atom. The second kappa shape index (κ2) is 7.55. The van der Waals surface area contributed by atoms with Crippen molar-refractivity contribution in [2.75, 3.05) is 19.5 Å². The lowest BCUT2D eigenvalue weighted by molar-refractivity contribution is -0.137. The van der Waals surface area contributed by atoms with Gasteiger partial charge in [0.05, 0.1) is 29.4 Å². The fourth-order valence-corrected chi connectivity index (χ4v) is 4.02. The largest absolute Gasteiger partial charge is 0.416 e. The number of alkyl halides is 3. The predicted octanol–water partition coefficient (Wildman–Crippen LogP) is 3.18. The Balaban J connectivity index is 2.08. The van der Waals surface area contributed by atoms with Crippen LogP contribution in [-0.4, -0.2) is 43.1 Å². The van der Waals surface area contributed by atoms with Crippen molar-refractivity contribution in [2.24, 2.45) is 5.41 Å². The van der Waals surface area contributed by atoms with Gasteiger partial charge in [-0.3, -0.25) is 4.98 Å². The van der Waals surface area contributed by atoms with Crippen molar-refractivity contribution in [1.29, 1.82) is 0 Å². The Morgan fingerprint density at radius 1 is 1.00 bits per heavy atom. The minimum atomic E-state index is -4.45. The summed E-state index contributed by atoms with van der Waals surface area (Å²) in [6.07, 6.45) is -1.64. The third-order valence-electron chi connectivity index (χ3n) is 5.17. The summed E-state index contributed by atoms with van der Waals surface area (Å²) in [4.78, 5) is 4.26. The van der Waals surface area contributed by atoms with Gasteiger partial charge in [0.15, 0.2) is 9.84 Å². The summed E-state index contributed by atoms with van der Waals surface area (Å²) < 4.78 is 61.9. The Bertz CT molecular complexity index is 1020. The first-order valence-corrected chi connectivity index (χ1v) is 10.7. The van der Waals surface area contributed by atoms with Gasteiger partial charge in [-0.25, -0.2) is 8.42 Å². The van der Waals surface area contributed by atoms with Crippen LogP contribution in [0.1, 0.15) is 29.7 Å². The third kappa shape index (κ3) is 4.36. The van der Waals surface area contributed by atoms with Gasteiger partial charge in [0, 0.05) is 17.9 Å². The number of benzene rings is 1. The first-order chi connectivity index (χ1) is 13.5. The van der Waals surface area contributed by atoms with E-state index >= 15 is 0 Å². The lowest BCUT2D eigenvalue weighted by Crippen LogP contribution is -2.27. The van der Waals surface area contributed by atoms with E-state index in [1.807, 2.05) is 0 Å². The van der Waals surface area contributed by atoms with E-state index in [0.29, 0.717) is 22.4 Å². The zero-order valence-electron chi connectivity index (χ0n) is 15.6. The average Bonchev–Trinajstić information content (AvgIpc) is 3.07. The summed E-state index contributed by atoms with van der Waals surface area (Å²) in [5, 5.41) is 19.6. The quantitative estimate of drug-likeness (QED) is 0.765. The number of aromatic nitrogens is 1. The van der Waals surface area contributed by atoms with Crippen LogP contribution in [0.3, 0.4) is 0 Å². The first kappa shape index (κ1) is 21.5. The van der Waals surface area contributed by atoms with Gasteiger partial charge in [0.25, 0.3) is 0 Å². The van der Waals surface area contributed by atoms with Crippen LogP contribution < -0.4 is 0 Å². The second-order valence-corrected chi connectivity index (χ2v) is 9.37. The van der Waals surface area contributed by atoms with Crippen LogP contribution in [0.5, 0.6) is 0 Å². The molecule has 1 aromatic heterocycles. The number of halogens is 3. The molecular formula is C20H20F3NO4S. The van der Waals surface area contributed by atoms with Crippen LogP contribution in [0.15, 0.2) is 47.5 Å². The number of allylic oxidation sites excluding steroid dienone is 2. The van der Waals surface area contributed by atoms with Crippen LogP contribution in [-0.2, 0) is 16.0 Å². The van der Waals surface area contributed by atoms with Crippen molar-refractivity contribution in [3.63, 3.8) is 0 Å². The van der Waals surface area contributed by atoms with Gasteiger partial charge >= 0.3 is 6.18 Å². The number of aliphatic hydroxyl groups excluding tert-OH is 2. The highest BCUT2D eigenvalue weighted by Crippen LogP contribution is 2.49. The Morgan fingerprint density at radius 2 is 1.59 bits per heavy atom. The topological polar surface area (TPSA) is 87.5 Å². The molecule has 0 bridgehead atoms. The van der Waals surface area contributed by atoms with E-state index in [4.69, 9.17) is 0 Å². The van der Waals surface area contributed by atoms with Crippen molar-refractivity contribution >= 4 is 21.0 Å². The summed E-state index contributed by atoms with van der Waals surface area (Å²) in [7, 11) is -3.42. The number of aliphatic hydroxyl groups is 2. The number of sulfone groups is 1. The lowest BCUT2D eigenvalue weighted by atomic mass is 9.85.